The van der Waals surface area contributed by atoms with Crippen LogP contribution < -0.4 is 11.1 Å². The Bertz CT molecular complexity index is 417. The smallest absolute Gasteiger partial charge is 0.179 e. The van der Waals surface area contributed by atoms with Crippen molar-refractivity contribution in [1.29, 1.82) is 0 Å². The Morgan fingerprint density at radius 2 is 1.81 bits per heavy atom. The molecule has 1 aromatic carbocycles. The zero-order valence-corrected chi connectivity index (χ0v) is 11.2. The molecule has 0 heterocycles. The van der Waals surface area contributed by atoms with Crippen molar-refractivity contribution >= 4 is 25.8 Å². The Morgan fingerprint density at radius 3 is 2.38 bits per heavy atom. The molecule has 0 fully saturated rings. The largest absolute Gasteiger partial charge is 0.329 e. The highest BCUT2D eigenvalue weighted by Crippen LogP contribution is 2.15. The van der Waals surface area contributed by atoms with Gasteiger partial charge in [-0.2, -0.15) is 0 Å². The van der Waals surface area contributed by atoms with Crippen molar-refractivity contribution in [2.75, 3.05) is 25.4 Å². The molecule has 6 heteroatoms. The molecule has 4 nitrogen and oxygen atoms in total. The number of hydrogen-bond donors (Lipinski definition) is 2. The molecule has 0 saturated carbocycles. The fourth-order valence-electron chi connectivity index (χ4n) is 1.19. The summed E-state index contributed by atoms with van der Waals surface area (Å²) in [7, 11) is -3.18. The summed E-state index contributed by atoms with van der Waals surface area (Å²) in [6, 6.07) is 6.64. The van der Waals surface area contributed by atoms with Gasteiger partial charge in [-0.3, -0.25) is 0 Å². The summed E-state index contributed by atoms with van der Waals surface area (Å²) in [5.41, 5.74) is 5.29. The van der Waals surface area contributed by atoms with Gasteiger partial charge in [0.25, 0.3) is 0 Å². The maximum Gasteiger partial charge on any atom is 0.179 e. The number of hydrogen-bond acceptors (Lipinski definition) is 4. The highest BCUT2D eigenvalue weighted by molar-refractivity contribution is 9.10. The van der Waals surface area contributed by atoms with Crippen molar-refractivity contribution < 1.29 is 8.42 Å². The van der Waals surface area contributed by atoms with E-state index in [9.17, 15) is 8.42 Å². The third-order valence-electron chi connectivity index (χ3n) is 2.04. The van der Waals surface area contributed by atoms with Crippen LogP contribution in [0.15, 0.2) is 33.6 Å². The molecule has 0 saturated heterocycles. The Kier molecular flexibility index (Phi) is 5.40. The van der Waals surface area contributed by atoms with E-state index < -0.39 is 9.84 Å². The normalized spacial score (nSPS) is 11.6. The van der Waals surface area contributed by atoms with Gasteiger partial charge in [-0.25, -0.2) is 8.42 Å². The average molecular weight is 307 g/mol. The van der Waals surface area contributed by atoms with Crippen LogP contribution in [0.25, 0.3) is 0 Å². The number of benzene rings is 1. The Hall–Kier alpha value is -0.430. The van der Waals surface area contributed by atoms with Gasteiger partial charge in [-0.05, 0) is 24.3 Å². The van der Waals surface area contributed by atoms with Crippen molar-refractivity contribution in [1.82, 2.24) is 5.32 Å². The van der Waals surface area contributed by atoms with Gasteiger partial charge in [0.1, 0.15) is 0 Å². The van der Waals surface area contributed by atoms with E-state index in [2.05, 4.69) is 21.2 Å². The van der Waals surface area contributed by atoms with Crippen LogP contribution in [0.3, 0.4) is 0 Å². The second-order valence-corrected chi connectivity index (χ2v) is 6.34. The first-order valence-corrected chi connectivity index (χ1v) is 7.40. The van der Waals surface area contributed by atoms with Gasteiger partial charge in [0.05, 0.1) is 10.6 Å². The molecule has 16 heavy (non-hydrogen) atoms. The lowest BCUT2D eigenvalue weighted by atomic mass is 10.4. The van der Waals surface area contributed by atoms with Crippen molar-refractivity contribution in [3.63, 3.8) is 0 Å². The van der Waals surface area contributed by atoms with Crippen LogP contribution >= 0.6 is 15.9 Å². The molecule has 0 bridgehead atoms. The van der Waals surface area contributed by atoms with Gasteiger partial charge in [-0.15, -0.1) is 0 Å². The third-order valence-corrected chi connectivity index (χ3v) is 4.30. The lowest BCUT2D eigenvalue weighted by molar-refractivity contribution is 0.591. The highest BCUT2D eigenvalue weighted by Gasteiger charge is 2.13. The molecule has 0 spiro atoms. The molecule has 0 aromatic heterocycles. The summed E-state index contributed by atoms with van der Waals surface area (Å²) in [4.78, 5) is 0.352. The number of sulfone groups is 1. The summed E-state index contributed by atoms with van der Waals surface area (Å²) in [6.45, 7) is 1.57. The fraction of sp³-hybridized carbons (Fsp3) is 0.400. The van der Waals surface area contributed by atoms with Crippen molar-refractivity contribution in [3.05, 3.63) is 28.7 Å². The first-order chi connectivity index (χ1) is 7.56. The quantitative estimate of drug-likeness (QED) is 0.762. The minimum absolute atomic E-state index is 0.0919. The molecule has 1 aromatic rings. The molecule has 0 aliphatic heterocycles. The molecule has 0 aliphatic rings. The molecule has 0 aliphatic carbocycles. The van der Waals surface area contributed by atoms with Gasteiger partial charge < -0.3 is 11.1 Å². The second-order valence-electron chi connectivity index (χ2n) is 3.31. The molecular formula is C10H15BrN2O2S. The molecule has 0 unspecified atom stereocenters. The van der Waals surface area contributed by atoms with E-state index in [0.717, 1.165) is 4.47 Å². The maximum atomic E-state index is 11.8. The number of nitrogens with one attached hydrogen (secondary N) is 1. The first kappa shape index (κ1) is 13.6. The van der Waals surface area contributed by atoms with Gasteiger partial charge in [0, 0.05) is 24.1 Å². The number of halogens is 1. The van der Waals surface area contributed by atoms with Crippen LogP contribution in [0.5, 0.6) is 0 Å². The standard InChI is InChI=1S/C10H15BrN2O2S/c11-9-1-3-10(4-2-9)16(14,15)8-7-13-6-5-12/h1-4,13H,5-8,12H2. The predicted molar refractivity (Wildman–Crippen MR) is 68.1 cm³/mol. The summed E-state index contributed by atoms with van der Waals surface area (Å²) in [5, 5.41) is 2.96. The van der Waals surface area contributed by atoms with Crippen LogP contribution in [0.4, 0.5) is 0 Å². The Morgan fingerprint density at radius 1 is 1.19 bits per heavy atom. The van der Waals surface area contributed by atoms with Crippen molar-refractivity contribution in [3.8, 4) is 0 Å². The predicted octanol–water partition coefficient (Wildman–Crippen LogP) is 0.771. The van der Waals surface area contributed by atoms with E-state index in [1.165, 1.54) is 0 Å². The summed E-state index contributed by atoms with van der Waals surface area (Å²) >= 11 is 3.26. The Labute approximate surface area is 104 Å². The van der Waals surface area contributed by atoms with Crippen molar-refractivity contribution in [2.24, 2.45) is 5.73 Å². The lowest BCUT2D eigenvalue weighted by Crippen LogP contribution is -2.27. The summed E-state index contributed by atoms with van der Waals surface area (Å²) < 4.78 is 24.5. The van der Waals surface area contributed by atoms with Crippen LogP contribution in [0.1, 0.15) is 0 Å². The van der Waals surface area contributed by atoms with E-state index in [-0.39, 0.29) is 5.75 Å². The SMILES string of the molecule is NCCNCCS(=O)(=O)c1ccc(Br)cc1. The van der Waals surface area contributed by atoms with E-state index in [4.69, 9.17) is 5.73 Å². The molecule has 3 N–H and O–H groups in total. The molecule has 90 valence electrons. The van der Waals surface area contributed by atoms with Gasteiger partial charge in [0.15, 0.2) is 9.84 Å². The topological polar surface area (TPSA) is 72.2 Å². The zero-order chi connectivity index (χ0) is 12.0. The summed E-state index contributed by atoms with van der Waals surface area (Å²) in [5.74, 6) is 0.0919. The molecule has 0 atom stereocenters. The van der Waals surface area contributed by atoms with Crippen LogP contribution in [-0.4, -0.2) is 33.8 Å². The van der Waals surface area contributed by atoms with Gasteiger partial charge in [-0.1, -0.05) is 15.9 Å². The van der Waals surface area contributed by atoms with E-state index in [1.54, 1.807) is 24.3 Å². The third kappa shape index (κ3) is 4.21. The summed E-state index contributed by atoms with van der Waals surface area (Å²) in [6.07, 6.45) is 0. The first-order valence-electron chi connectivity index (χ1n) is 4.95. The molecule has 0 amide bonds. The van der Waals surface area contributed by atoms with E-state index in [1.807, 2.05) is 0 Å². The van der Waals surface area contributed by atoms with E-state index in [0.29, 0.717) is 24.5 Å². The number of nitrogens with two attached hydrogens (primary N) is 1. The molecule has 0 radical (unpaired) electrons. The van der Waals surface area contributed by atoms with Crippen LogP contribution in [-0.2, 0) is 9.84 Å². The second kappa shape index (κ2) is 6.34. The Balaban J connectivity index is 2.60. The minimum Gasteiger partial charge on any atom is -0.329 e. The van der Waals surface area contributed by atoms with E-state index >= 15 is 0 Å². The van der Waals surface area contributed by atoms with Gasteiger partial charge in [0.2, 0.25) is 0 Å². The monoisotopic (exact) mass is 306 g/mol. The van der Waals surface area contributed by atoms with Crippen LogP contribution in [0, 0.1) is 0 Å². The number of rotatable bonds is 6. The average Bonchev–Trinajstić information content (AvgIpc) is 2.25. The van der Waals surface area contributed by atoms with Crippen molar-refractivity contribution in [2.45, 2.75) is 4.90 Å². The maximum absolute atomic E-state index is 11.8. The highest BCUT2D eigenvalue weighted by atomic mass is 79.9. The fourth-order valence-corrected chi connectivity index (χ4v) is 2.66. The van der Waals surface area contributed by atoms with Crippen LogP contribution in [0.2, 0.25) is 0 Å². The zero-order valence-electron chi connectivity index (χ0n) is 8.82. The van der Waals surface area contributed by atoms with Gasteiger partial charge >= 0.3 is 0 Å². The molecular weight excluding hydrogens is 292 g/mol. The lowest BCUT2D eigenvalue weighted by Gasteiger charge is -2.05. The molecule has 1 rings (SSSR count). The minimum atomic E-state index is -3.18.